The number of hydrogen-bond donors (Lipinski definition) is 0. The Morgan fingerprint density at radius 2 is 1.76 bits per heavy atom. The number of aromatic nitrogens is 2. The highest BCUT2D eigenvalue weighted by Gasteiger charge is 2.41. The van der Waals surface area contributed by atoms with Gasteiger partial charge in [-0.15, -0.1) is 0 Å². The van der Waals surface area contributed by atoms with E-state index in [-0.39, 0.29) is 5.91 Å². The zero-order valence-corrected chi connectivity index (χ0v) is 24.3. The van der Waals surface area contributed by atoms with E-state index >= 15 is 0 Å². The molecule has 8 nitrogen and oxygen atoms in total. The molecule has 3 aliphatic rings. The maximum Gasteiger partial charge on any atom is 0.270 e. The summed E-state index contributed by atoms with van der Waals surface area (Å²) >= 11 is 16.7. The number of carbonyl (C=O) groups excluding carboxylic acids is 1. The van der Waals surface area contributed by atoms with E-state index in [2.05, 4.69) is 62.7 Å². The Morgan fingerprint density at radius 3 is 2.45 bits per heavy atom. The second-order valence-electron chi connectivity index (χ2n) is 9.91. The van der Waals surface area contributed by atoms with Crippen LogP contribution in [-0.2, 0) is 0 Å². The first-order chi connectivity index (χ1) is 18.2. The number of aliphatic imine (C=N–C) groups is 1. The molecule has 0 aliphatic carbocycles. The van der Waals surface area contributed by atoms with Crippen molar-refractivity contribution < 1.29 is 4.79 Å². The summed E-state index contributed by atoms with van der Waals surface area (Å²) in [5.41, 5.74) is 2.80. The van der Waals surface area contributed by atoms with Crippen LogP contribution in [0.4, 0.5) is 17.2 Å². The van der Waals surface area contributed by atoms with Crippen molar-refractivity contribution in [3.05, 3.63) is 62.7 Å². The monoisotopic (exact) mass is 613 g/mol. The second kappa shape index (κ2) is 9.79. The van der Waals surface area contributed by atoms with Gasteiger partial charge in [0.25, 0.3) is 5.91 Å². The molecule has 0 saturated carbocycles. The van der Waals surface area contributed by atoms with Crippen LogP contribution in [0.3, 0.4) is 0 Å². The van der Waals surface area contributed by atoms with Crippen molar-refractivity contribution in [1.29, 1.82) is 0 Å². The van der Waals surface area contributed by atoms with Crippen LogP contribution in [0.15, 0.2) is 52.1 Å². The maximum atomic E-state index is 13.7. The molecule has 0 N–H and O–H groups in total. The van der Waals surface area contributed by atoms with Crippen molar-refractivity contribution in [2.45, 2.75) is 25.9 Å². The van der Waals surface area contributed by atoms with Crippen LogP contribution in [0.2, 0.25) is 10.0 Å². The molecule has 196 valence electrons. The number of nitrogens with zero attached hydrogens (tertiary/aromatic N) is 7. The number of benzene rings is 2. The summed E-state index contributed by atoms with van der Waals surface area (Å²) in [6, 6.07) is 12.3. The normalized spacial score (nSPS) is 21.5. The molecule has 0 spiro atoms. The summed E-state index contributed by atoms with van der Waals surface area (Å²) in [6.07, 6.45) is 1.58. The molecule has 1 fully saturated rings. The largest absolute Gasteiger partial charge is 0.368 e. The van der Waals surface area contributed by atoms with Crippen LogP contribution in [0, 0.1) is 0 Å². The molecule has 2 aromatic carbocycles. The molecule has 11 heteroatoms. The molecule has 6 rings (SSSR count). The average molecular weight is 615 g/mol. The minimum atomic E-state index is -0.312. The first-order valence-electron chi connectivity index (χ1n) is 12.5. The van der Waals surface area contributed by atoms with E-state index in [1.807, 2.05) is 17.0 Å². The number of para-hydroxylation sites is 1. The molecule has 1 amide bonds. The first kappa shape index (κ1) is 25.6. The Hall–Kier alpha value is -2.72. The Labute approximate surface area is 240 Å². The van der Waals surface area contributed by atoms with Crippen LogP contribution >= 0.6 is 39.1 Å². The molecule has 3 aliphatic heterocycles. The lowest BCUT2D eigenvalue weighted by atomic mass is 10.1. The van der Waals surface area contributed by atoms with Gasteiger partial charge in [0.15, 0.2) is 11.6 Å². The zero-order valence-electron chi connectivity index (χ0n) is 21.2. The second-order valence-corrected chi connectivity index (χ2v) is 11.6. The zero-order chi connectivity index (χ0) is 26.7. The number of piperazine rings is 1. The number of likely N-dealkylation sites (N-methyl/N-ethyl adjacent to an activating group) is 1. The SMILES string of the molecule is C[C@@H]1CN(c2ccc(-c3ncc4c(n3)N3CCN=C3N(c3c(Cl)cccc3Cl)C4=O)cc2Br)C[C@H](C)N1C. The Bertz CT molecular complexity index is 1450. The fourth-order valence-corrected chi connectivity index (χ4v) is 6.51. The van der Waals surface area contributed by atoms with Crippen molar-refractivity contribution in [2.75, 3.05) is 47.9 Å². The highest BCUT2D eigenvalue weighted by atomic mass is 79.9. The topological polar surface area (TPSA) is 68.2 Å². The molecule has 1 saturated heterocycles. The van der Waals surface area contributed by atoms with Crippen molar-refractivity contribution >= 4 is 68.2 Å². The van der Waals surface area contributed by atoms with Crippen LogP contribution in [0.1, 0.15) is 24.2 Å². The number of rotatable bonds is 3. The third-order valence-corrected chi connectivity index (χ3v) is 8.79. The summed E-state index contributed by atoms with van der Waals surface area (Å²) in [4.78, 5) is 35.9. The third-order valence-electron chi connectivity index (χ3n) is 7.54. The van der Waals surface area contributed by atoms with E-state index < -0.39 is 0 Å². The van der Waals surface area contributed by atoms with Crippen LogP contribution in [-0.4, -0.2) is 72.0 Å². The minimum Gasteiger partial charge on any atom is -0.368 e. The molecule has 3 aromatic rings. The van der Waals surface area contributed by atoms with Crippen molar-refractivity contribution in [3.8, 4) is 11.4 Å². The predicted molar refractivity (Wildman–Crippen MR) is 157 cm³/mol. The van der Waals surface area contributed by atoms with E-state index in [9.17, 15) is 4.79 Å². The van der Waals surface area contributed by atoms with Gasteiger partial charge in [0.2, 0.25) is 5.96 Å². The van der Waals surface area contributed by atoms with Gasteiger partial charge in [0, 0.05) is 48.0 Å². The van der Waals surface area contributed by atoms with E-state index in [1.54, 1.807) is 24.4 Å². The Balaban J connectivity index is 1.35. The quantitative estimate of drug-likeness (QED) is 0.384. The molecule has 38 heavy (non-hydrogen) atoms. The summed E-state index contributed by atoms with van der Waals surface area (Å²) in [5, 5.41) is 0.742. The lowest BCUT2D eigenvalue weighted by molar-refractivity contribution is 0.0999. The number of anilines is 3. The number of fused-ring (bicyclic) bond motifs is 3. The highest BCUT2D eigenvalue weighted by Crippen LogP contribution is 2.40. The summed E-state index contributed by atoms with van der Waals surface area (Å²) in [7, 11) is 2.18. The van der Waals surface area contributed by atoms with Gasteiger partial charge >= 0.3 is 0 Å². The van der Waals surface area contributed by atoms with E-state index in [4.69, 9.17) is 28.2 Å². The molecule has 1 aromatic heterocycles. The minimum absolute atomic E-state index is 0.312. The van der Waals surface area contributed by atoms with Crippen molar-refractivity contribution in [1.82, 2.24) is 14.9 Å². The van der Waals surface area contributed by atoms with Gasteiger partial charge in [-0.1, -0.05) is 29.3 Å². The van der Waals surface area contributed by atoms with Gasteiger partial charge < -0.3 is 4.90 Å². The van der Waals surface area contributed by atoms with Crippen LogP contribution in [0.25, 0.3) is 11.4 Å². The third kappa shape index (κ3) is 4.16. The lowest BCUT2D eigenvalue weighted by Gasteiger charge is -2.43. The number of amides is 1. The van der Waals surface area contributed by atoms with Crippen LogP contribution in [0.5, 0.6) is 0 Å². The predicted octanol–water partition coefficient (Wildman–Crippen LogP) is 5.58. The van der Waals surface area contributed by atoms with E-state index in [1.165, 1.54) is 4.90 Å². The number of guanidine groups is 1. The summed E-state index contributed by atoms with van der Waals surface area (Å²) in [6.45, 7) is 7.54. The first-order valence-corrected chi connectivity index (χ1v) is 14.0. The molecular formula is C27H26BrCl2N7O. The average Bonchev–Trinajstić information content (AvgIpc) is 3.38. The van der Waals surface area contributed by atoms with Gasteiger partial charge in [0.1, 0.15) is 5.56 Å². The number of hydrogen-bond acceptors (Lipinski definition) is 7. The molecule has 4 heterocycles. The van der Waals surface area contributed by atoms with E-state index in [0.717, 1.165) is 28.8 Å². The van der Waals surface area contributed by atoms with Gasteiger partial charge in [-0.05, 0) is 67.2 Å². The fraction of sp³-hybridized carbons (Fsp3) is 0.333. The molecular weight excluding hydrogens is 589 g/mol. The van der Waals surface area contributed by atoms with Gasteiger partial charge in [-0.3, -0.25) is 19.6 Å². The number of halogens is 3. The molecule has 0 radical (unpaired) electrons. The molecule has 0 bridgehead atoms. The molecule has 2 atom stereocenters. The van der Waals surface area contributed by atoms with Gasteiger partial charge in [0.05, 0.1) is 28.0 Å². The van der Waals surface area contributed by atoms with Crippen LogP contribution < -0.4 is 14.7 Å². The summed E-state index contributed by atoms with van der Waals surface area (Å²) in [5.74, 6) is 1.24. The maximum absolute atomic E-state index is 13.7. The van der Waals surface area contributed by atoms with Gasteiger partial charge in [-0.2, -0.15) is 0 Å². The van der Waals surface area contributed by atoms with Crippen molar-refractivity contribution in [2.24, 2.45) is 4.99 Å². The smallest absolute Gasteiger partial charge is 0.270 e. The van der Waals surface area contributed by atoms with E-state index in [0.29, 0.717) is 64.1 Å². The molecule has 0 unspecified atom stereocenters. The Kier molecular flexibility index (Phi) is 6.58. The Morgan fingerprint density at radius 1 is 1.05 bits per heavy atom. The highest BCUT2D eigenvalue weighted by molar-refractivity contribution is 9.10. The lowest BCUT2D eigenvalue weighted by Crippen LogP contribution is -2.55. The fourth-order valence-electron chi connectivity index (χ4n) is 5.31. The number of carbonyl (C=O) groups is 1. The standard InChI is InChI=1S/C27H26BrCl2N7O/c1-15-13-35(14-16(2)34(15)3)22-8-7-17(11-19(22)28)24-32-12-18-25(33-24)36-10-9-31-27(36)37(26(18)38)23-20(29)5-4-6-21(23)30/h4-8,11-12,15-16H,9-10,13-14H2,1-3H3/t15-,16+. The van der Waals surface area contributed by atoms with Gasteiger partial charge in [-0.25, -0.2) is 14.9 Å². The summed E-state index contributed by atoms with van der Waals surface area (Å²) < 4.78 is 0.985. The van der Waals surface area contributed by atoms with Crippen molar-refractivity contribution in [3.63, 3.8) is 0 Å².